The van der Waals surface area contributed by atoms with Crippen molar-refractivity contribution < 1.29 is 49.7 Å². The zero-order valence-electron chi connectivity index (χ0n) is 17.7. The van der Waals surface area contributed by atoms with Gasteiger partial charge in [0.2, 0.25) is 11.2 Å². The largest absolute Gasteiger partial charge is 0.508 e. The number of aromatic hydroxyl groups is 4. The van der Waals surface area contributed by atoms with Gasteiger partial charge in [0.15, 0.2) is 17.3 Å². The minimum Gasteiger partial charge on any atom is -0.508 e. The highest BCUT2D eigenvalue weighted by atomic mass is 16.5. The first-order valence-electron chi connectivity index (χ1n) is 10.3. The van der Waals surface area contributed by atoms with Crippen molar-refractivity contribution in [2.75, 3.05) is 0 Å². The molecule has 0 saturated heterocycles. The first-order valence-corrected chi connectivity index (χ1v) is 10.3. The molecule has 1 heterocycles. The Labute approximate surface area is 191 Å². The molecule has 3 aromatic rings. The van der Waals surface area contributed by atoms with E-state index in [0.717, 1.165) is 12.1 Å². The number of carboxylic acids is 1. The Bertz CT molecular complexity index is 1330. The first kappa shape index (κ1) is 23.2. The van der Waals surface area contributed by atoms with Crippen LogP contribution < -0.4 is 10.2 Å². The molecular formula is C23H22O11. The molecule has 0 bridgehead atoms. The number of benzene rings is 2. The van der Waals surface area contributed by atoms with Crippen LogP contribution in [0, 0.1) is 11.8 Å². The lowest BCUT2D eigenvalue weighted by molar-refractivity contribution is -0.160. The third-order valence-corrected chi connectivity index (χ3v) is 6.11. The molecular weight excluding hydrogens is 452 g/mol. The molecule has 0 aliphatic heterocycles. The lowest BCUT2D eigenvalue weighted by Crippen LogP contribution is -2.52. The van der Waals surface area contributed by atoms with E-state index in [1.54, 1.807) is 0 Å². The normalized spacial score (nSPS) is 24.7. The number of fused-ring (bicyclic) bond motifs is 1. The number of carboxylic acid groups (broad SMARTS) is 1. The van der Waals surface area contributed by atoms with Gasteiger partial charge in [-0.05, 0) is 18.2 Å². The molecule has 7 N–H and O–H groups in total. The predicted molar refractivity (Wildman–Crippen MR) is 116 cm³/mol. The Kier molecular flexibility index (Phi) is 5.75. The lowest BCUT2D eigenvalue weighted by atomic mass is 9.76. The molecule has 1 unspecified atom stereocenters. The van der Waals surface area contributed by atoms with Crippen LogP contribution in [0.2, 0.25) is 0 Å². The quantitative estimate of drug-likeness (QED) is 0.289. The van der Waals surface area contributed by atoms with Crippen LogP contribution in [0.15, 0.2) is 39.5 Å². The molecule has 1 aromatic heterocycles. The zero-order chi connectivity index (χ0) is 24.9. The second-order valence-electron chi connectivity index (χ2n) is 8.31. The summed E-state index contributed by atoms with van der Waals surface area (Å²) >= 11 is 0. The van der Waals surface area contributed by atoms with Crippen molar-refractivity contribution in [2.45, 2.75) is 31.7 Å². The Morgan fingerprint density at radius 2 is 1.74 bits per heavy atom. The first-order chi connectivity index (χ1) is 16.0. The standard InChI is InChI=1S/C23H22O11/c1-8-18(27)11(23(31)32)7-16(19(8)28)33-14-4-9(2-3-12(14)25)22-21(30)20(29)17-13(26)5-10(24)6-15(17)34-22/h2-6,8,11,16,18-19,24-28,30H,7H2,1H3,(H,31,32)/t8-,11-,16?,18-,19+/m0/s1. The van der Waals surface area contributed by atoms with Crippen molar-refractivity contribution in [1.82, 2.24) is 0 Å². The van der Waals surface area contributed by atoms with E-state index in [1.807, 2.05) is 0 Å². The van der Waals surface area contributed by atoms with Crippen LogP contribution in [-0.2, 0) is 4.79 Å². The smallest absolute Gasteiger partial charge is 0.309 e. The number of aliphatic hydroxyl groups is 2. The maximum atomic E-state index is 12.6. The second-order valence-corrected chi connectivity index (χ2v) is 8.31. The van der Waals surface area contributed by atoms with Gasteiger partial charge in [0.1, 0.15) is 28.6 Å². The van der Waals surface area contributed by atoms with E-state index in [9.17, 15) is 45.3 Å². The van der Waals surface area contributed by atoms with E-state index in [1.165, 1.54) is 25.1 Å². The molecule has 34 heavy (non-hydrogen) atoms. The highest BCUT2D eigenvalue weighted by Crippen LogP contribution is 2.40. The van der Waals surface area contributed by atoms with Crippen molar-refractivity contribution in [3.63, 3.8) is 0 Å². The van der Waals surface area contributed by atoms with E-state index in [4.69, 9.17) is 9.15 Å². The predicted octanol–water partition coefficient (Wildman–Crippen LogP) is 1.49. The number of phenols is 3. The average molecular weight is 474 g/mol. The van der Waals surface area contributed by atoms with Crippen LogP contribution in [-0.4, -0.2) is 60.0 Å². The minimum atomic E-state index is -1.29. The summed E-state index contributed by atoms with van der Waals surface area (Å²) in [6.45, 7) is 1.48. The van der Waals surface area contributed by atoms with E-state index in [0.29, 0.717) is 0 Å². The summed E-state index contributed by atoms with van der Waals surface area (Å²) in [5.74, 6) is -6.01. The fraction of sp³-hybridized carbons (Fsp3) is 0.304. The summed E-state index contributed by atoms with van der Waals surface area (Å²) in [5.41, 5.74) is -1.10. The average Bonchev–Trinajstić information content (AvgIpc) is 2.77. The van der Waals surface area contributed by atoms with Gasteiger partial charge >= 0.3 is 5.97 Å². The summed E-state index contributed by atoms with van der Waals surface area (Å²) in [5, 5.41) is 70.0. The number of rotatable bonds is 4. The van der Waals surface area contributed by atoms with Gasteiger partial charge in [0.05, 0.1) is 18.1 Å². The number of hydrogen-bond donors (Lipinski definition) is 7. The van der Waals surface area contributed by atoms with Crippen molar-refractivity contribution in [1.29, 1.82) is 0 Å². The molecule has 11 nitrogen and oxygen atoms in total. The maximum absolute atomic E-state index is 12.6. The van der Waals surface area contributed by atoms with Crippen LogP contribution in [0.3, 0.4) is 0 Å². The van der Waals surface area contributed by atoms with Crippen molar-refractivity contribution >= 4 is 16.9 Å². The van der Waals surface area contributed by atoms with E-state index in [2.05, 4.69) is 0 Å². The van der Waals surface area contributed by atoms with Gasteiger partial charge in [-0.15, -0.1) is 0 Å². The Hall–Kier alpha value is -3.96. The van der Waals surface area contributed by atoms with Crippen LogP contribution in [0.4, 0.5) is 0 Å². The molecule has 5 atom stereocenters. The molecule has 1 aliphatic rings. The van der Waals surface area contributed by atoms with Gasteiger partial charge < -0.3 is 44.9 Å². The number of phenolic OH excluding ortho intramolecular Hbond substituents is 3. The van der Waals surface area contributed by atoms with Crippen molar-refractivity contribution in [3.8, 4) is 40.1 Å². The van der Waals surface area contributed by atoms with Gasteiger partial charge in [-0.3, -0.25) is 9.59 Å². The van der Waals surface area contributed by atoms with Crippen LogP contribution in [0.5, 0.6) is 28.7 Å². The van der Waals surface area contributed by atoms with Crippen LogP contribution in [0.1, 0.15) is 13.3 Å². The topological polar surface area (TPSA) is 198 Å². The van der Waals surface area contributed by atoms with Gasteiger partial charge in [-0.1, -0.05) is 6.92 Å². The SMILES string of the molecule is C[C@H]1[C@H](O)[C@@H](C(=O)O)CC(Oc2cc(-c3oc4cc(O)cc(O)c4c(=O)c3O)ccc2O)[C@@H]1O. The summed E-state index contributed by atoms with van der Waals surface area (Å²) in [6, 6.07) is 5.69. The number of hydrogen-bond acceptors (Lipinski definition) is 10. The molecule has 4 rings (SSSR count). The third kappa shape index (κ3) is 3.84. The lowest BCUT2D eigenvalue weighted by Gasteiger charge is -2.39. The Morgan fingerprint density at radius 1 is 1.03 bits per heavy atom. The van der Waals surface area contributed by atoms with E-state index < -0.39 is 53.0 Å². The van der Waals surface area contributed by atoms with E-state index in [-0.39, 0.29) is 46.0 Å². The highest BCUT2D eigenvalue weighted by Gasteiger charge is 2.45. The van der Waals surface area contributed by atoms with E-state index >= 15 is 0 Å². The van der Waals surface area contributed by atoms with Crippen LogP contribution >= 0.6 is 0 Å². The van der Waals surface area contributed by atoms with Crippen molar-refractivity contribution in [2.24, 2.45) is 11.8 Å². The fourth-order valence-corrected chi connectivity index (χ4v) is 4.18. The van der Waals surface area contributed by atoms with Crippen molar-refractivity contribution in [3.05, 3.63) is 40.6 Å². The number of ether oxygens (including phenoxy) is 1. The summed E-state index contributed by atoms with van der Waals surface area (Å²) in [6.07, 6.45) is -3.86. The summed E-state index contributed by atoms with van der Waals surface area (Å²) < 4.78 is 11.2. The molecule has 1 saturated carbocycles. The molecule has 1 fully saturated rings. The summed E-state index contributed by atoms with van der Waals surface area (Å²) in [4.78, 5) is 24.1. The minimum absolute atomic E-state index is 0.0697. The van der Waals surface area contributed by atoms with Gasteiger partial charge in [0.25, 0.3) is 0 Å². The molecule has 1 aliphatic carbocycles. The fourth-order valence-electron chi connectivity index (χ4n) is 4.18. The second kappa shape index (κ2) is 8.43. The Morgan fingerprint density at radius 3 is 2.41 bits per heavy atom. The Balaban J connectivity index is 1.75. The zero-order valence-corrected chi connectivity index (χ0v) is 17.7. The monoisotopic (exact) mass is 474 g/mol. The highest BCUT2D eigenvalue weighted by molar-refractivity contribution is 5.88. The molecule has 11 heteroatoms. The third-order valence-electron chi connectivity index (χ3n) is 6.11. The number of aliphatic hydroxyl groups excluding tert-OH is 2. The van der Waals surface area contributed by atoms with Crippen LogP contribution in [0.25, 0.3) is 22.3 Å². The maximum Gasteiger partial charge on any atom is 0.309 e. The van der Waals surface area contributed by atoms with Gasteiger partial charge in [-0.25, -0.2) is 0 Å². The molecule has 0 spiro atoms. The number of carbonyl (C=O) groups is 1. The molecule has 0 radical (unpaired) electrons. The van der Waals surface area contributed by atoms with Gasteiger partial charge in [0, 0.05) is 30.0 Å². The van der Waals surface area contributed by atoms with Gasteiger partial charge in [-0.2, -0.15) is 0 Å². The molecule has 2 aromatic carbocycles. The molecule has 0 amide bonds. The number of aliphatic carboxylic acids is 1. The summed E-state index contributed by atoms with van der Waals surface area (Å²) in [7, 11) is 0. The molecule has 180 valence electrons.